The normalized spacial score (nSPS) is 21.2. The fraction of sp³-hybridized carbons (Fsp3) is 0.818. The fourth-order valence-electron chi connectivity index (χ4n) is 1.98. The van der Waals surface area contributed by atoms with E-state index in [-0.39, 0.29) is 17.9 Å². The van der Waals surface area contributed by atoms with Gasteiger partial charge in [-0.15, -0.1) is 0 Å². The molecule has 0 aromatic carbocycles. The van der Waals surface area contributed by atoms with Gasteiger partial charge in [0.25, 0.3) is 0 Å². The van der Waals surface area contributed by atoms with Crippen LogP contribution in [-0.4, -0.2) is 35.8 Å². The summed E-state index contributed by atoms with van der Waals surface area (Å²) in [5.74, 6) is 0.206. The highest BCUT2D eigenvalue weighted by Crippen LogP contribution is 2.11. The van der Waals surface area contributed by atoms with Crippen molar-refractivity contribution in [1.82, 2.24) is 10.2 Å². The molecule has 0 aromatic heterocycles. The van der Waals surface area contributed by atoms with E-state index in [2.05, 4.69) is 5.32 Å². The first-order chi connectivity index (χ1) is 7.13. The topological polar surface area (TPSA) is 49.4 Å². The molecule has 1 atom stereocenters. The molecule has 1 heterocycles. The van der Waals surface area contributed by atoms with E-state index in [1.165, 1.54) is 6.92 Å². The second-order valence-corrected chi connectivity index (χ2v) is 4.13. The van der Waals surface area contributed by atoms with Crippen molar-refractivity contribution < 1.29 is 9.59 Å². The van der Waals surface area contributed by atoms with Gasteiger partial charge in [0.1, 0.15) is 0 Å². The van der Waals surface area contributed by atoms with Gasteiger partial charge in [0.2, 0.25) is 11.8 Å². The Morgan fingerprint density at radius 2 is 2.20 bits per heavy atom. The average Bonchev–Trinajstić information content (AvgIpc) is 2.17. The van der Waals surface area contributed by atoms with Gasteiger partial charge in [-0.3, -0.25) is 9.59 Å². The fourth-order valence-corrected chi connectivity index (χ4v) is 1.98. The van der Waals surface area contributed by atoms with Crippen molar-refractivity contribution in [2.24, 2.45) is 0 Å². The first kappa shape index (κ1) is 12.0. The zero-order valence-corrected chi connectivity index (χ0v) is 9.58. The number of likely N-dealkylation sites (tertiary alicyclic amines) is 1. The molecule has 2 amide bonds. The summed E-state index contributed by atoms with van der Waals surface area (Å²) in [6.45, 7) is 5.05. The van der Waals surface area contributed by atoms with Gasteiger partial charge in [-0.1, -0.05) is 6.92 Å². The van der Waals surface area contributed by atoms with Crippen LogP contribution >= 0.6 is 0 Å². The number of carbonyl (C=O) groups is 2. The van der Waals surface area contributed by atoms with Crippen LogP contribution in [0.3, 0.4) is 0 Å². The number of hydrogen-bond acceptors (Lipinski definition) is 2. The second-order valence-electron chi connectivity index (χ2n) is 4.13. The molecule has 86 valence electrons. The molecule has 1 unspecified atom stereocenters. The summed E-state index contributed by atoms with van der Waals surface area (Å²) >= 11 is 0. The smallest absolute Gasteiger partial charge is 0.222 e. The van der Waals surface area contributed by atoms with E-state index in [9.17, 15) is 9.59 Å². The predicted octanol–water partition coefficient (Wildman–Crippen LogP) is 0.914. The summed E-state index contributed by atoms with van der Waals surface area (Å²) in [6, 6.07) is 0.150. The lowest BCUT2D eigenvalue weighted by atomic mass is 10.1. The Labute approximate surface area is 91.0 Å². The van der Waals surface area contributed by atoms with E-state index in [4.69, 9.17) is 0 Å². The minimum Gasteiger partial charge on any atom is -0.352 e. The van der Waals surface area contributed by atoms with Crippen LogP contribution in [0.4, 0.5) is 0 Å². The molecule has 1 N–H and O–H groups in total. The van der Waals surface area contributed by atoms with E-state index in [1.807, 2.05) is 11.8 Å². The number of amides is 2. The largest absolute Gasteiger partial charge is 0.352 e. The lowest BCUT2D eigenvalue weighted by Crippen LogP contribution is -2.49. The third-order valence-electron chi connectivity index (χ3n) is 2.65. The van der Waals surface area contributed by atoms with Gasteiger partial charge < -0.3 is 10.2 Å². The predicted molar refractivity (Wildman–Crippen MR) is 58.3 cm³/mol. The van der Waals surface area contributed by atoms with E-state index in [0.29, 0.717) is 13.0 Å². The number of carbonyl (C=O) groups excluding carboxylic acids is 2. The molecule has 0 aliphatic carbocycles. The first-order valence-electron chi connectivity index (χ1n) is 5.68. The summed E-state index contributed by atoms with van der Waals surface area (Å²) < 4.78 is 0. The van der Waals surface area contributed by atoms with E-state index >= 15 is 0 Å². The highest BCUT2D eigenvalue weighted by atomic mass is 16.2. The molecular weight excluding hydrogens is 192 g/mol. The highest BCUT2D eigenvalue weighted by Gasteiger charge is 2.23. The molecule has 0 radical (unpaired) electrons. The Bertz CT molecular complexity index is 241. The molecule has 1 rings (SSSR count). The Balaban J connectivity index is 2.41. The van der Waals surface area contributed by atoms with E-state index in [0.717, 1.165) is 25.8 Å². The Morgan fingerprint density at radius 1 is 1.47 bits per heavy atom. The van der Waals surface area contributed by atoms with Crippen LogP contribution in [0.1, 0.15) is 39.5 Å². The molecular formula is C11H20N2O2. The van der Waals surface area contributed by atoms with Gasteiger partial charge in [-0.25, -0.2) is 0 Å². The number of hydrogen-bond donors (Lipinski definition) is 1. The number of piperidine rings is 1. The summed E-state index contributed by atoms with van der Waals surface area (Å²) in [7, 11) is 0. The van der Waals surface area contributed by atoms with Gasteiger partial charge in [-0.05, 0) is 19.3 Å². The summed E-state index contributed by atoms with van der Waals surface area (Å²) in [5.41, 5.74) is 0. The van der Waals surface area contributed by atoms with Crippen LogP contribution < -0.4 is 5.32 Å². The van der Waals surface area contributed by atoms with Gasteiger partial charge in [0, 0.05) is 32.5 Å². The van der Waals surface area contributed by atoms with Crippen LogP contribution in [0.2, 0.25) is 0 Å². The van der Waals surface area contributed by atoms with Gasteiger partial charge in [-0.2, -0.15) is 0 Å². The maximum Gasteiger partial charge on any atom is 0.222 e. The average molecular weight is 212 g/mol. The number of nitrogens with zero attached hydrogens (tertiary/aromatic N) is 1. The molecule has 1 fully saturated rings. The van der Waals surface area contributed by atoms with Crippen molar-refractivity contribution in [3.05, 3.63) is 0 Å². The van der Waals surface area contributed by atoms with Crippen molar-refractivity contribution >= 4 is 11.8 Å². The third-order valence-corrected chi connectivity index (χ3v) is 2.65. The Kier molecular flexibility index (Phi) is 4.59. The SMILES string of the molecule is CCCC(=O)N1CCCC(NC(C)=O)C1. The molecule has 15 heavy (non-hydrogen) atoms. The number of nitrogens with one attached hydrogen (secondary N) is 1. The molecule has 4 heteroatoms. The summed E-state index contributed by atoms with van der Waals surface area (Å²) in [5, 5.41) is 2.88. The second kappa shape index (κ2) is 5.73. The van der Waals surface area contributed by atoms with Gasteiger partial charge in [0.05, 0.1) is 0 Å². The molecule has 0 spiro atoms. The highest BCUT2D eigenvalue weighted by molar-refractivity contribution is 5.76. The Hall–Kier alpha value is -1.06. The van der Waals surface area contributed by atoms with E-state index in [1.54, 1.807) is 0 Å². The van der Waals surface area contributed by atoms with Crippen molar-refractivity contribution in [2.75, 3.05) is 13.1 Å². The zero-order valence-electron chi connectivity index (χ0n) is 9.58. The summed E-state index contributed by atoms with van der Waals surface area (Å²) in [4.78, 5) is 24.4. The molecule has 0 aromatic rings. The lowest BCUT2D eigenvalue weighted by Gasteiger charge is -2.33. The standard InChI is InChI=1S/C11H20N2O2/c1-3-5-11(15)13-7-4-6-10(8-13)12-9(2)14/h10H,3-8H2,1-2H3,(H,12,14). The molecule has 0 saturated carbocycles. The number of rotatable bonds is 3. The molecule has 1 aliphatic rings. The monoisotopic (exact) mass is 212 g/mol. The van der Waals surface area contributed by atoms with Crippen molar-refractivity contribution in [3.8, 4) is 0 Å². The van der Waals surface area contributed by atoms with Crippen molar-refractivity contribution in [2.45, 2.75) is 45.6 Å². The Morgan fingerprint density at radius 3 is 2.80 bits per heavy atom. The quantitative estimate of drug-likeness (QED) is 0.756. The van der Waals surface area contributed by atoms with Crippen LogP contribution in [0, 0.1) is 0 Å². The molecule has 4 nitrogen and oxygen atoms in total. The zero-order chi connectivity index (χ0) is 11.3. The van der Waals surface area contributed by atoms with Crippen LogP contribution in [0.15, 0.2) is 0 Å². The maximum absolute atomic E-state index is 11.6. The van der Waals surface area contributed by atoms with Gasteiger partial charge in [0.15, 0.2) is 0 Å². The third kappa shape index (κ3) is 3.90. The summed E-state index contributed by atoms with van der Waals surface area (Å²) in [6.07, 6.45) is 3.48. The maximum atomic E-state index is 11.6. The van der Waals surface area contributed by atoms with Crippen LogP contribution in [-0.2, 0) is 9.59 Å². The lowest BCUT2D eigenvalue weighted by molar-refractivity contribution is -0.133. The van der Waals surface area contributed by atoms with Crippen LogP contribution in [0.5, 0.6) is 0 Å². The van der Waals surface area contributed by atoms with E-state index < -0.39 is 0 Å². The minimum atomic E-state index is -0.00945. The van der Waals surface area contributed by atoms with Gasteiger partial charge >= 0.3 is 0 Å². The van der Waals surface area contributed by atoms with Crippen molar-refractivity contribution in [1.29, 1.82) is 0 Å². The van der Waals surface area contributed by atoms with Crippen LogP contribution in [0.25, 0.3) is 0 Å². The first-order valence-corrected chi connectivity index (χ1v) is 5.68. The molecule has 1 saturated heterocycles. The van der Waals surface area contributed by atoms with Crippen molar-refractivity contribution in [3.63, 3.8) is 0 Å². The molecule has 0 bridgehead atoms. The minimum absolute atomic E-state index is 0.00945. The molecule has 1 aliphatic heterocycles.